The van der Waals surface area contributed by atoms with Gasteiger partial charge in [-0.2, -0.15) is 13.2 Å². The van der Waals surface area contributed by atoms with Gasteiger partial charge >= 0.3 is 6.18 Å². The first-order valence-corrected chi connectivity index (χ1v) is 10.4. The number of Topliss-reactive ketones (excluding diaryl/α,β-unsaturated/α-hetero) is 1. The molecule has 0 saturated heterocycles. The van der Waals surface area contributed by atoms with Crippen LogP contribution >= 0.6 is 0 Å². The minimum absolute atomic E-state index is 0.0234. The fourth-order valence-corrected chi connectivity index (χ4v) is 4.15. The molecule has 6 nitrogen and oxygen atoms in total. The van der Waals surface area contributed by atoms with Gasteiger partial charge < -0.3 is 14.6 Å². The highest BCUT2D eigenvalue weighted by Gasteiger charge is 2.45. The van der Waals surface area contributed by atoms with Crippen molar-refractivity contribution in [2.75, 3.05) is 4.90 Å². The number of phenols is 1. The van der Waals surface area contributed by atoms with Crippen LogP contribution in [0.15, 0.2) is 94.6 Å². The minimum atomic E-state index is -4.58. The highest BCUT2D eigenvalue weighted by Crippen LogP contribution is 2.43. The van der Waals surface area contributed by atoms with Crippen LogP contribution in [-0.4, -0.2) is 21.9 Å². The van der Waals surface area contributed by atoms with E-state index in [1.807, 2.05) is 0 Å². The topological polar surface area (TPSA) is 91.0 Å². The molecule has 0 fully saturated rings. The highest BCUT2D eigenvalue weighted by molar-refractivity contribution is 6.20. The van der Waals surface area contributed by atoms with Gasteiger partial charge in [-0.05, 0) is 54.1 Å². The van der Waals surface area contributed by atoms with Gasteiger partial charge in [-0.15, -0.1) is 0 Å². The van der Waals surface area contributed by atoms with Gasteiger partial charge in [0, 0.05) is 11.1 Å². The number of rotatable bonds is 4. The van der Waals surface area contributed by atoms with E-state index in [1.54, 1.807) is 24.3 Å². The van der Waals surface area contributed by atoms with E-state index < -0.39 is 35.2 Å². The van der Waals surface area contributed by atoms with E-state index in [0.29, 0.717) is 11.0 Å². The van der Waals surface area contributed by atoms with Crippen molar-refractivity contribution in [3.63, 3.8) is 0 Å². The number of amides is 1. The average Bonchev–Trinajstić information content (AvgIpc) is 3.37. The van der Waals surface area contributed by atoms with Crippen LogP contribution in [0.4, 0.5) is 18.9 Å². The third-order valence-corrected chi connectivity index (χ3v) is 5.76. The summed E-state index contributed by atoms with van der Waals surface area (Å²) in [5.41, 5.74) is -0.525. The van der Waals surface area contributed by atoms with Crippen LogP contribution in [0.5, 0.6) is 5.75 Å². The number of benzene rings is 3. The molecule has 176 valence electrons. The SMILES string of the molecule is O=C(C1=C(O)C(=O)N(c2ccc(C(F)(F)F)cc2)C1c1cccc(O)c1)c1cc2ccccc2o1. The van der Waals surface area contributed by atoms with E-state index in [2.05, 4.69) is 0 Å². The Morgan fingerprint density at radius 2 is 1.63 bits per heavy atom. The third-order valence-electron chi connectivity index (χ3n) is 5.76. The monoisotopic (exact) mass is 479 g/mol. The molecule has 1 aromatic heterocycles. The van der Waals surface area contributed by atoms with Crippen LogP contribution in [0.3, 0.4) is 0 Å². The molecule has 0 spiro atoms. The number of para-hydroxylation sites is 1. The van der Waals surface area contributed by atoms with Gasteiger partial charge in [0.25, 0.3) is 5.91 Å². The van der Waals surface area contributed by atoms with Crippen LogP contribution in [-0.2, 0) is 11.0 Å². The molecule has 0 saturated carbocycles. The number of fused-ring (bicyclic) bond motifs is 1. The van der Waals surface area contributed by atoms with E-state index in [-0.39, 0.29) is 28.3 Å². The molecule has 0 radical (unpaired) electrons. The molecule has 35 heavy (non-hydrogen) atoms. The number of hydrogen-bond acceptors (Lipinski definition) is 5. The smallest absolute Gasteiger partial charge is 0.416 e. The zero-order valence-electron chi connectivity index (χ0n) is 17.8. The first kappa shape index (κ1) is 22.3. The maximum absolute atomic E-state index is 13.5. The number of halogens is 3. The van der Waals surface area contributed by atoms with E-state index in [1.165, 1.54) is 30.3 Å². The Balaban J connectivity index is 1.64. The number of furan rings is 1. The number of aliphatic hydroxyl groups excluding tert-OH is 1. The number of anilines is 1. The van der Waals surface area contributed by atoms with Crippen LogP contribution in [0.25, 0.3) is 11.0 Å². The lowest BCUT2D eigenvalue weighted by molar-refractivity contribution is -0.137. The second-order valence-electron chi connectivity index (χ2n) is 7.96. The van der Waals surface area contributed by atoms with Gasteiger partial charge in [-0.3, -0.25) is 14.5 Å². The van der Waals surface area contributed by atoms with Crippen molar-refractivity contribution in [3.05, 3.63) is 107 Å². The van der Waals surface area contributed by atoms with Gasteiger partial charge in [-0.1, -0.05) is 30.3 Å². The predicted octanol–water partition coefficient (Wildman–Crippen LogP) is 5.94. The average molecular weight is 479 g/mol. The lowest BCUT2D eigenvalue weighted by atomic mass is 9.94. The number of carbonyl (C=O) groups is 2. The molecule has 1 aliphatic rings. The number of alkyl halides is 3. The maximum Gasteiger partial charge on any atom is 0.416 e. The highest BCUT2D eigenvalue weighted by atomic mass is 19.4. The fraction of sp³-hybridized carbons (Fsp3) is 0.0769. The molecule has 3 aromatic carbocycles. The van der Waals surface area contributed by atoms with E-state index in [0.717, 1.165) is 29.2 Å². The first-order valence-electron chi connectivity index (χ1n) is 10.4. The number of aromatic hydroxyl groups is 1. The van der Waals surface area contributed by atoms with Crippen molar-refractivity contribution in [2.45, 2.75) is 12.2 Å². The maximum atomic E-state index is 13.5. The fourth-order valence-electron chi connectivity index (χ4n) is 4.15. The van der Waals surface area contributed by atoms with Crippen molar-refractivity contribution >= 4 is 28.3 Å². The molecule has 1 amide bonds. The minimum Gasteiger partial charge on any atom is -0.508 e. The Morgan fingerprint density at radius 3 is 2.29 bits per heavy atom. The standard InChI is InChI=1S/C26H16F3NO5/c27-26(28,29)16-8-10-17(11-9-16)30-22(15-5-3-6-18(31)12-15)21(24(33)25(30)34)23(32)20-13-14-4-1-2-7-19(14)35-20/h1-13,22,31,33H. The molecule has 1 aliphatic heterocycles. The van der Waals surface area contributed by atoms with E-state index in [4.69, 9.17) is 4.42 Å². The largest absolute Gasteiger partial charge is 0.508 e. The second-order valence-corrected chi connectivity index (χ2v) is 7.96. The summed E-state index contributed by atoms with van der Waals surface area (Å²) < 4.78 is 44.8. The van der Waals surface area contributed by atoms with Crippen molar-refractivity contribution in [1.29, 1.82) is 0 Å². The first-order chi connectivity index (χ1) is 16.6. The Bertz CT molecular complexity index is 1470. The number of nitrogens with zero attached hydrogens (tertiary/aromatic N) is 1. The van der Waals surface area contributed by atoms with Crippen LogP contribution in [0, 0.1) is 0 Å². The van der Waals surface area contributed by atoms with E-state index in [9.17, 15) is 33.0 Å². The normalized spacial score (nSPS) is 16.4. The molecule has 0 aliphatic carbocycles. The van der Waals surface area contributed by atoms with Gasteiger partial charge in [0.15, 0.2) is 11.5 Å². The zero-order chi connectivity index (χ0) is 24.9. The lowest BCUT2D eigenvalue weighted by Crippen LogP contribution is -2.31. The molecule has 2 heterocycles. The van der Waals surface area contributed by atoms with Crippen LogP contribution < -0.4 is 4.90 Å². The molecule has 4 aromatic rings. The quantitative estimate of drug-likeness (QED) is 0.354. The number of hydrogen-bond donors (Lipinski definition) is 2. The molecular formula is C26H16F3NO5. The summed E-state index contributed by atoms with van der Waals surface area (Å²) in [7, 11) is 0. The summed E-state index contributed by atoms with van der Waals surface area (Å²) in [5.74, 6) is -2.89. The second kappa shape index (κ2) is 8.05. The Kier molecular flexibility index (Phi) is 5.12. The predicted molar refractivity (Wildman–Crippen MR) is 120 cm³/mol. The van der Waals surface area contributed by atoms with Crippen molar-refractivity contribution in [1.82, 2.24) is 0 Å². The molecule has 2 N–H and O–H groups in total. The Hall–Kier alpha value is -4.53. The molecule has 9 heteroatoms. The van der Waals surface area contributed by atoms with Crippen molar-refractivity contribution in [3.8, 4) is 5.75 Å². The van der Waals surface area contributed by atoms with Gasteiger partial charge in [0.05, 0.1) is 17.2 Å². The van der Waals surface area contributed by atoms with Gasteiger partial charge in [0.2, 0.25) is 5.78 Å². The van der Waals surface area contributed by atoms with Crippen LogP contribution in [0.2, 0.25) is 0 Å². The number of phenolic OH excluding ortho intramolecular Hbond substituents is 1. The lowest BCUT2D eigenvalue weighted by Gasteiger charge is -2.27. The third kappa shape index (κ3) is 3.80. The molecule has 5 rings (SSSR count). The van der Waals surface area contributed by atoms with Crippen molar-refractivity contribution in [2.24, 2.45) is 0 Å². The van der Waals surface area contributed by atoms with E-state index >= 15 is 0 Å². The summed E-state index contributed by atoms with van der Waals surface area (Å²) in [6.45, 7) is 0. The summed E-state index contributed by atoms with van der Waals surface area (Å²) in [4.78, 5) is 27.6. The van der Waals surface area contributed by atoms with Gasteiger partial charge in [0.1, 0.15) is 11.3 Å². The van der Waals surface area contributed by atoms with Crippen molar-refractivity contribution < 1.29 is 37.4 Å². The van der Waals surface area contributed by atoms with Gasteiger partial charge in [-0.25, -0.2) is 0 Å². The molecule has 1 unspecified atom stereocenters. The Labute approximate surface area is 196 Å². The number of ketones is 1. The molecule has 1 atom stereocenters. The Morgan fingerprint density at radius 1 is 0.914 bits per heavy atom. The summed E-state index contributed by atoms with van der Waals surface area (Å²) >= 11 is 0. The number of aliphatic hydroxyl groups is 1. The van der Waals surface area contributed by atoms with Crippen LogP contribution in [0.1, 0.15) is 27.7 Å². The summed E-state index contributed by atoms with van der Waals surface area (Å²) in [6, 6.07) is 16.6. The molecular weight excluding hydrogens is 463 g/mol. The molecule has 0 bridgehead atoms. The zero-order valence-corrected chi connectivity index (χ0v) is 17.8. The summed E-state index contributed by atoms with van der Waals surface area (Å²) in [6.07, 6.45) is -4.58. The number of carbonyl (C=O) groups excluding carboxylic acids is 2. The summed E-state index contributed by atoms with van der Waals surface area (Å²) in [5, 5.41) is 21.4.